The van der Waals surface area contributed by atoms with Gasteiger partial charge in [-0.25, -0.2) is 0 Å². The largest absolute Gasteiger partial charge is 0.466 e. The highest BCUT2D eigenvalue weighted by molar-refractivity contribution is 7.80. The number of hydrogen-bond donors (Lipinski definition) is 1. The molecule has 0 N–H and O–H groups in total. The van der Waals surface area contributed by atoms with Crippen molar-refractivity contribution < 1.29 is 9.53 Å². The lowest BCUT2D eigenvalue weighted by molar-refractivity contribution is -0.143. The van der Waals surface area contributed by atoms with Gasteiger partial charge in [0.2, 0.25) is 0 Å². The van der Waals surface area contributed by atoms with Gasteiger partial charge in [-0.3, -0.25) is 4.79 Å². The smallest absolute Gasteiger partial charge is 0.305 e. The number of ether oxygens (including phenoxy) is 1. The van der Waals surface area contributed by atoms with Crippen LogP contribution in [-0.2, 0) is 9.53 Å². The van der Waals surface area contributed by atoms with Crippen LogP contribution in [0.5, 0.6) is 0 Å². The first-order chi connectivity index (χ1) is 10.2. The second kappa shape index (κ2) is 16.2. The van der Waals surface area contributed by atoms with Crippen molar-refractivity contribution in [2.75, 3.05) is 6.61 Å². The summed E-state index contributed by atoms with van der Waals surface area (Å²) in [5.74, 6) is -0.0379. The fourth-order valence-electron chi connectivity index (χ4n) is 2.50. The normalized spacial score (nSPS) is 12.3. The van der Waals surface area contributed by atoms with E-state index in [1.54, 1.807) is 0 Å². The third kappa shape index (κ3) is 16.0. The fourth-order valence-corrected chi connectivity index (χ4v) is 2.68. The summed E-state index contributed by atoms with van der Waals surface area (Å²) in [6, 6.07) is 0. The molecule has 0 rings (SSSR count). The molecule has 0 bridgehead atoms. The highest BCUT2D eigenvalue weighted by atomic mass is 32.1. The molecule has 0 amide bonds. The summed E-state index contributed by atoms with van der Waals surface area (Å²) in [5.41, 5.74) is 0. The van der Waals surface area contributed by atoms with Crippen LogP contribution in [0.4, 0.5) is 0 Å². The van der Waals surface area contributed by atoms with E-state index in [-0.39, 0.29) is 5.97 Å². The Bertz CT molecular complexity index is 231. The Hall–Kier alpha value is -0.180. The summed E-state index contributed by atoms with van der Waals surface area (Å²) in [4.78, 5) is 11.1. The van der Waals surface area contributed by atoms with Crippen LogP contribution in [0.3, 0.4) is 0 Å². The van der Waals surface area contributed by atoms with Crippen molar-refractivity contribution in [3.05, 3.63) is 0 Å². The van der Waals surface area contributed by atoms with Gasteiger partial charge < -0.3 is 4.74 Å². The van der Waals surface area contributed by atoms with Crippen molar-refractivity contribution in [3.8, 4) is 0 Å². The van der Waals surface area contributed by atoms with Crippen LogP contribution in [0.1, 0.15) is 97.3 Å². The molecule has 0 spiro atoms. The number of rotatable bonds is 15. The van der Waals surface area contributed by atoms with Gasteiger partial charge in [0.1, 0.15) is 0 Å². The Kier molecular flexibility index (Phi) is 16.1. The van der Waals surface area contributed by atoms with Gasteiger partial charge in [-0.15, -0.1) is 0 Å². The minimum absolute atomic E-state index is 0.0379. The van der Waals surface area contributed by atoms with Crippen LogP contribution in [0.2, 0.25) is 0 Å². The number of esters is 1. The molecule has 0 heterocycles. The van der Waals surface area contributed by atoms with E-state index in [2.05, 4.69) is 19.6 Å². The Morgan fingerprint density at radius 2 is 1.33 bits per heavy atom. The van der Waals surface area contributed by atoms with E-state index in [1.165, 1.54) is 70.6 Å². The SMILES string of the molecule is CCOC(=O)CCCCCCCCCCCCC(S)CC. The topological polar surface area (TPSA) is 26.3 Å². The first-order valence-corrected chi connectivity index (χ1v) is 9.56. The van der Waals surface area contributed by atoms with Crippen molar-refractivity contribution in [2.45, 2.75) is 103 Å². The average molecular weight is 317 g/mol. The predicted molar refractivity (Wildman–Crippen MR) is 95.1 cm³/mol. The molecule has 1 unspecified atom stereocenters. The van der Waals surface area contributed by atoms with Gasteiger partial charge in [-0.1, -0.05) is 64.7 Å². The van der Waals surface area contributed by atoms with Crippen LogP contribution in [0.25, 0.3) is 0 Å². The number of hydrogen-bond acceptors (Lipinski definition) is 3. The standard InChI is InChI=1S/C18H36O2S/c1-3-17(21)15-13-11-9-7-5-6-8-10-12-14-16-18(19)20-4-2/h17,21H,3-16H2,1-2H3. The molecule has 0 aliphatic rings. The van der Waals surface area contributed by atoms with Gasteiger partial charge in [0, 0.05) is 11.7 Å². The summed E-state index contributed by atoms with van der Waals surface area (Å²) in [7, 11) is 0. The number of unbranched alkanes of at least 4 members (excludes halogenated alkanes) is 9. The second-order valence-corrected chi connectivity index (χ2v) is 6.67. The molecule has 2 nitrogen and oxygen atoms in total. The zero-order valence-electron chi connectivity index (χ0n) is 14.2. The summed E-state index contributed by atoms with van der Waals surface area (Å²) in [6.45, 7) is 4.58. The van der Waals surface area contributed by atoms with Crippen molar-refractivity contribution in [3.63, 3.8) is 0 Å². The third-order valence-corrected chi connectivity index (χ3v) is 4.57. The van der Waals surface area contributed by atoms with Gasteiger partial charge in [0.25, 0.3) is 0 Å². The first-order valence-electron chi connectivity index (χ1n) is 9.04. The quantitative estimate of drug-likeness (QED) is 0.230. The molecule has 0 aromatic heterocycles. The van der Waals surface area contributed by atoms with Crippen molar-refractivity contribution in [1.82, 2.24) is 0 Å². The maximum absolute atomic E-state index is 11.1. The molecule has 0 aromatic rings. The molecule has 3 heteroatoms. The van der Waals surface area contributed by atoms with Gasteiger partial charge in [-0.2, -0.15) is 12.6 Å². The zero-order chi connectivity index (χ0) is 15.8. The Balaban J connectivity index is 3.07. The van der Waals surface area contributed by atoms with Crippen molar-refractivity contribution >= 4 is 18.6 Å². The summed E-state index contributed by atoms with van der Waals surface area (Å²) >= 11 is 4.52. The van der Waals surface area contributed by atoms with Crippen LogP contribution < -0.4 is 0 Å². The van der Waals surface area contributed by atoms with Crippen molar-refractivity contribution in [2.24, 2.45) is 0 Å². The number of carbonyl (C=O) groups is 1. The summed E-state index contributed by atoms with van der Waals surface area (Å²) < 4.78 is 4.91. The average Bonchev–Trinajstić information content (AvgIpc) is 2.48. The molecule has 0 radical (unpaired) electrons. The van der Waals surface area contributed by atoms with E-state index in [1.807, 2.05) is 6.92 Å². The maximum atomic E-state index is 11.1. The Labute approximate surface area is 137 Å². The minimum Gasteiger partial charge on any atom is -0.466 e. The zero-order valence-corrected chi connectivity index (χ0v) is 15.1. The highest BCUT2D eigenvalue weighted by Gasteiger charge is 2.01. The van der Waals surface area contributed by atoms with Crippen LogP contribution >= 0.6 is 12.6 Å². The third-order valence-electron chi connectivity index (χ3n) is 3.94. The maximum Gasteiger partial charge on any atom is 0.305 e. The molecule has 0 saturated carbocycles. The van der Waals surface area contributed by atoms with Gasteiger partial charge in [0.15, 0.2) is 0 Å². The molecular weight excluding hydrogens is 280 g/mol. The Morgan fingerprint density at radius 3 is 1.81 bits per heavy atom. The Morgan fingerprint density at radius 1 is 0.857 bits per heavy atom. The second-order valence-electron chi connectivity index (χ2n) is 5.94. The fraction of sp³-hybridized carbons (Fsp3) is 0.944. The molecule has 0 aliphatic carbocycles. The molecule has 1 atom stereocenters. The molecule has 0 saturated heterocycles. The molecule has 21 heavy (non-hydrogen) atoms. The van der Waals surface area contributed by atoms with E-state index in [0.29, 0.717) is 18.3 Å². The molecule has 126 valence electrons. The van der Waals surface area contributed by atoms with Gasteiger partial charge in [0.05, 0.1) is 6.61 Å². The van der Waals surface area contributed by atoms with Crippen LogP contribution in [0, 0.1) is 0 Å². The molecular formula is C18H36O2S. The van der Waals surface area contributed by atoms with Gasteiger partial charge in [-0.05, 0) is 26.2 Å². The van der Waals surface area contributed by atoms with E-state index < -0.39 is 0 Å². The first kappa shape index (κ1) is 20.8. The van der Waals surface area contributed by atoms with Crippen molar-refractivity contribution in [1.29, 1.82) is 0 Å². The predicted octanol–water partition coefficient (Wildman–Crippen LogP) is 5.94. The molecule has 0 fully saturated rings. The molecule has 0 aromatic carbocycles. The monoisotopic (exact) mass is 316 g/mol. The lowest BCUT2D eigenvalue weighted by atomic mass is 10.0. The van der Waals surface area contributed by atoms with E-state index in [9.17, 15) is 4.79 Å². The molecule has 0 aliphatic heterocycles. The lowest BCUT2D eigenvalue weighted by Gasteiger charge is -2.06. The van der Waals surface area contributed by atoms with Crippen LogP contribution in [-0.4, -0.2) is 17.8 Å². The number of thiol groups is 1. The summed E-state index contributed by atoms with van der Waals surface area (Å²) in [6.07, 6.45) is 16.0. The summed E-state index contributed by atoms with van der Waals surface area (Å²) in [5, 5.41) is 0.611. The van der Waals surface area contributed by atoms with Gasteiger partial charge >= 0.3 is 5.97 Å². The highest BCUT2D eigenvalue weighted by Crippen LogP contribution is 2.15. The van der Waals surface area contributed by atoms with E-state index in [0.717, 1.165) is 6.42 Å². The lowest BCUT2D eigenvalue weighted by Crippen LogP contribution is -2.03. The van der Waals surface area contributed by atoms with E-state index >= 15 is 0 Å². The minimum atomic E-state index is -0.0379. The van der Waals surface area contributed by atoms with Crippen LogP contribution in [0.15, 0.2) is 0 Å². The number of carbonyl (C=O) groups excluding carboxylic acids is 1. The van der Waals surface area contributed by atoms with E-state index in [4.69, 9.17) is 4.74 Å².